The van der Waals surface area contributed by atoms with E-state index in [0.29, 0.717) is 6.42 Å². The largest absolute Gasteiger partial charge is 0.493 e. The number of nitrogens with zero attached hydrogens (tertiary/aromatic N) is 1. The van der Waals surface area contributed by atoms with Gasteiger partial charge in [0.1, 0.15) is 0 Å². The van der Waals surface area contributed by atoms with Gasteiger partial charge in [-0.3, -0.25) is 0 Å². The number of hydrogen-bond donors (Lipinski definition) is 1. The molecular formula is C14H13NO3. The molecule has 4 nitrogen and oxygen atoms in total. The molecule has 0 saturated carbocycles. The van der Waals surface area contributed by atoms with Crippen molar-refractivity contribution in [3.8, 4) is 5.88 Å². The van der Waals surface area contributed by atoms with Gasteiger partial charge in [-0.2, -0.15) is 4.98 Å². The van der Waals surface area contributed by atoms with Gasteiger partial charge in [0, 0.05) is 6.08 Å². The summed E-state index contributed by atoms with van der Waals surface area (Å²) in [5, 5.41) is 9.56. The van der Waals surface area contributed by atoms with E-state index in [9.17, 15) is 9.90 Å². The number of benzene rings is 1. The quantitative estimate of drug-likeness (QED) is 0.899. The highest BCUT2D eigenvalue weighted by Crippen LogP contribution is 2.12. The molecule has 0 aliphatic carbocycles. The van der Waals surface area contributed by atoms with Crippen LogP contribution >= 0.6 is 0 Å². The molecule has 92 valence electrons. The number of hydrogen-bond acceptors (Lipinski definition) is 4. The topological polar surface area (TPSA) is 63.3 Å². The zero-order valence-corrected chi connectivity index (χ0v) is 9.96. The molecule has 1 N–H and O–H groups in total. The van der Waals surface area contributed by atoms with Gasteiger partial charge in [-0.25, -0.2) is 4.79 Å². The summed E-state index contributed by atoms with van der Waals surface area (Å²) >= 11 is 0. The predicted octanol–water partition coefficient (Wildman–Crippen LogP) is 2.47. The van der Waals surface area contributed by atoms with Crippen LogP contribution in [0.1, 0.15) is 23.9 Å². The molecule has 1 aromatic heterocycles. The predicted molar refractivity (Wildman–Crippen MR) is 69.2 cm³/mol. The van der Waals surface area contributed by atoms with E-state index in [1.54, 1.807) is 19.1 Å². The fourth-order valence-corrected chi connectivity index (χ4v) is 1.55. The number of rotatable bonds is 3. The first-order chi connectivity index (χ1) is 8.70. The van der Waals surface area contributed by atoms with Crippen LogP contribution in [-0.2, 0) is 6.42 Å². The maximum atomic E-state index is 11.5. The lowest BCUT2D eigenvalue weighted by molar-refractivity contribution is 0.399. The summed E-state index contributed by atoms with van der Waals surface area (Å²) in [4.78, 5) is 15.3. The average molecular weight is 243 g/mol. The fraction of sp³-hybridized carbons (Fsp3) is 0.143. The van der Waals surface area contributed by atoms with Crippen LogP contribution in [0.15, 0.2) is 39.5 Å². The summed E-state index contributed by atoms with van der Waals surface area (Å²) in [5.74, 6) is -0.167. The highest BCUT2D eigenvalue weighted by molar-refractivity contribution is 5.65. The molecule has 0 aliphatic heterocycles. The molecule has 0 amide bonds. The molecule has 0 radical (unpaired) electrons. The third-order valence-electron chi connectivity index (χ3n) is 2.50. The van der Waals surface area contributed by atoms with Gasteiger partial charge in [0.25, 0.3) is 0 Å². The van der Waals surface area contributed by atoms with E-state index in [4.69, 9.17) is 4.42 Å². The molecule has 1 heterocycles. The monoisotopic (exact) mass is 243 g/mol. The van der Waals surface area contributed by atoms with E-state index >= 15 is 0 Å². The van der Waals surface area contributed by atoms with E-state index in [1.165, 1.54) is 0 Å². The Kier molecular flexibility index (Phi) is 3.57. The lowest BCUT2D eigenvalue weighted by Crippen LogP contribution is -2.08. The lowest BCUT2D eigenvalue weighted by Gasteiger charge is -1.99. The molecule has 0 aliphatic rings. The molecule has 0 bridgehead atoms. The third-order valence-corrected chi connectivity index (χ3v) is 2.50. The highest BCUT2D eigenvalue weighted by Gasteiger charge is 2.08. The normalized spacial score (nSPS) is 10.9. The zero-order chi connectivity index (χ0) is 13.0. The van der Waals surface area contributed by atoms with Crippen molar-refractivity contribution in [1.29, 1.82) is 0 Å². The molecule has 1 aromatic carbocycles. The van der Waals surface area contributed by atoms with Crippen LogP contribution in [0.25, 0.3) is 12.2 Å². The molecule has 0 spiro atoms. The first kappa shape index (κ1) is 12.1. The van der Waals surface area contributed by atoms with Gasteiger partial charge in [0.2, 0.25) is 11.8 Å². The average Bonchev–Trinajstić information content (AvgIpc) is 2.37. The van der Waals surface area contributed by atoms with Gasteiger partial charge >= 0.3 is 5.63 Å². The van der Waals surface area contributed by atoms with Crippen molar-refractivity contribution >= 4 is 12.2 Å². The first-order valence-electron chi connectivity index (χ1n) is 5.67. The van der Waals surface area contributed by atoms with Crippen LogP contribution in [0.3, 0.4) is 0 Å². The van der Waals surface area contributed by atoms with Crippen molar-refractivity contribution in [3.05, 3.63) is 57.8 Å². The van der Waals surface area contributed by atoms with Gasteiger partial charge in [-0.15, -0.1) is 0 Å². The van der Waals surface area contributed by atoms with Crippen LogP contribution in [0, 0.1) is 0 Å². The smallest absolute Gasteiger partial charge is 0.346 e. The molecular weight excluding hydrogens is 230 g/mol. The number of aromatic nitrogens is 1. The Morgan fingerprint density at radius 3 is 2.61 bits per heavy atom. The van der Waals surface area contributed by atoms with Gasteiger partial charge in [0.15, 0.2) is 0 Å². The van der Waals surface area contributed by atoms with Crippen molar-refractivity contribution in [3.63, 3.8) is 0 Å². The Bertz CT molecular complexity index is 615. The molecule has 2 aromatic rings. The summed E-state index contributed by atoms with van der Waals surface area (Å²) in [6.07, 6.45) is 3.70. The standard InChI is InChI=1S/C14H13NO3/c1-2-11-13(16)15-12(18-14(11)17)9-8-10-6-4-3-5-7-10/h3-9,16H,2H2,1H3. The van der Waals surface area contributed by atoms with Crippen molar-refractivity contribution < 1.29 is 9.52 Å². The second-order valence-electron chi connectivity index (χ2n) is 3.74. The van der Waals surface area contributed by atoms with Gasteiger partial charge in [0.05, 0.1) is 5.56 Å². The minimum Gasteiger partial charge on any atom is -0.493 e. The number of aromatic hydroxyl groups is 1. The van der Waals surface area contributed by atoms with E-state index in [0.717, 1.165) is 5.56 Å². The van der Waals surface area contributed by atoms with Crippen molar-refractivity contribution in [2.75, 3.05) is 0 Å². The second-order valence-corrected chi connectivity index (χ2v) is 3.74. The molecule has 0 atom stereocenters. The van der Waals surface area contributed by atoms with Crippen molar-refractivity contribution in [2.24, 2.45) is 0 Å². The minimum atomic E-state index is -0.544. The Hall–Kier alpha value is -2.36. The van der Waals surface area contributed by atoms with E-state index < -0.39 is 5.63 Å². The zero-order valence-electron chi connectivity index (χ0n) is 9.96. The van der Waals surface area contributed by atoms with E-state index in [2.05, 4.69) is 4.98 Å². The van der Waals surface area contributed by atoms with Gasteiger partial charge in [-0.1, -0.05) is 37.3 Å². The van der Waals surface area contributed by atoms with Gasteiger partial charge in [-0.05, 0) is 18.1 Å². The Morgan fingerprint density at radius 1 is 1.28 bits per heavy atom. The summed E-state index contributed by atoms with van der Waals surface area (Å²) in [5.41, 5.74) is 0.616. The van der Waals surface area contributed by atoms with Crippen LogP contribution in [-0.4, -0.2) is 10.1 Å². The molecule has 18 heavy (non-hydrogen) atoms. The lowest BCUT2D eigenvalue weighted by atomic mass is 10.2. The Labute approximate surface area is 104 Å². The molecule has 0 fully saturated rings. The summed E-state index contributed by atoms with van der Waals surface area (Å²) in [6, 6.07) is 9.54. The maximum Gasteiger partial charge on any atom is 0.346 e. The van der Waals surface area contributed by atoms with Crippen molar-refractivity contribution in [1.82, 2.24) is 4.98 Å². The van der Waals surface area contributed by atoms with Crippen LogP contribution < -0.4 is 5.63 Å². The van der Waals surface area contributed by atoms with Crippen LogP contribution in [0.5, 0.6) is 5.88 Å². The summed E-state index contributed by atoms with van der Waals surface area (Å²) < 4.78 is 4.99. The SMILES string of the molecule is CCc1c(O)nc(C=Cc2ccccc2)oc1=O. The minimum absolute atomic E-state index is 0.0959. The molecule has 0 unspecified atom stereocenters. The van der Waals surface area contributed by atoms with E-state index in [1.807, 2.05) is 30.3 Å². The van der Waals surface area contributed by atoms with Crippen molar-refractivity contribution in [2.45, 2.75) is 13.3 Å². The maximum absolute atomic E-state index is 11.5. The summed E-state index contributed by atoms with van der Waals surface area (Å²) in [6.45, 7) is 1.76. The fourth-order valence-electron chi connectivity index (χ4n) is 1.55. The van der Waals surface area contributed by atoms with Gasteiger partial charge < -0.3 is 9.52 Å². The molecule has 0 saturated heterocycles. The molecule has 2 rings (SSSR count). The van der Waals surface area contributed by atoms with E-state index in [-0.39, 0.29) is 17.3 Å². The third kappa shape index (κ3) is 2.66. The first-order valence-corrected chi connectivity index (χ1v) is 5.67. The molecule has 4 heteroatoms. The second kappa shape index (κ2) is 5.31. The van der Waals surface area contributed by atoms with Crippen LogP contribution in [0.2, 0.25) is 0 Å². The summed E-state index contributed by atoms with van der Waals surface area (Å²) in [7, 11) is 0. The van der Waals surface area contributed by atoms with Crippen LogP contribution in [0.4, 0.5) is 0 Å². The highest BCUT2D eigenvalue weighted by atomic mass is 16.4. The Balaban J connectivity index is 2.31. The Morgan fingerprint density at radius 2 is 2.00 bits per heavy atom.